The predicted octanol–water partition coefficient (Wildman–Crippen LogP) is 2.44. The van der Waals surface area contributed by atoms with Crippen LogP contribution < -0.4 is 4.90 Å². The summed E-state index contributed by atoms with van der Waals surface area (Å²) in [5.41, 5.74) is -0.858. The second-order valence-corrected chi connectivity index (χ2v) is 4.97. The Kier molecular flexibility index (Phi) is 3.33. The number of aromatic nitrogens is 1. The molecule has 2 fully saturated rings. The van der Waals surface area contributed by atoms with Crippen LogP contribution in [0.2, 0.25) is 0 Å². The van der Waals surface area contributed by atoms with E-state index in [1.54, 1.807) is 6.07 Å². The van der Waals surface area contributed by atoms with E-state index in [1.165, 1.54) is 6.07 Å². The molecule has 3 heterocycles. The van der Waals surface area contributed by atoms with Crippen molar-refractivity contribution < 1.29 is 22.6 Å². The van der Waals surface area contributed by atoms with Crippen molar-refractivity contribution in [1.82, 2.24) is 4.98 Å². The van der Waals surface area contributed by atoms with E-state index < -0.39 is 17.7 Å². The van der Waals surface area contributed by atoms with Crippen LogP contribution in [0.4, 0.5) is 19.0 Å². The molecule has 0 aliphatic carbocycles. The Bertz CT molecular complexity index is 477. The maximum Gasteiger partial charge on any atom is 0.433 e. The zero-order valence-corrected chi connectivity index (χ0v) is 10.8. The van der Waals surface area contributed by atoms with Gasteiger partial charge in [-0.1, -0.05) is 6.07 Å². The number of pyridine rings is 1. The van der Waals surface area contributed by atoms with E-state index in [1.807, 2.05) is 4.90 Å². The summed E-state index contributed by atoms with van der Waals surface area (Å²) in [6.45, 7) is 2.33. The molecule has 0 unspecified atom stereocenters. The smallest absolute Gasteiger partial charge is 0.356 e. The van der Waals surface area contributed by atoms with E-state index in [9.17, 15) is 13.2 Å². The molecule has 0 bridgehead atoms. The van der Waals surface area contributed by atoms with Crippen LogP contribution in [0.5, 0.6) is 0 Å². The lowest BCUT2D eigenvalue weighted by atomic mass is 10.0. The minimum absolute atomic E-state index is 0.354. The highest BCUT2D eigenvalue weighted by atomic mass is 19.4. The van der Waals surface area contributed by atoms with Crippen LogP contribution in [0.15, 0.2) is 18.2 Å². The molecule has 2 saturated heterocycles. The van der Waals surface area contributed by atoms with Gasteiger partial charge in [0.1, 0.15) is 11.5 Å². The van der Waals surface area contributed by atoms with Gasteiger partial charge in [-0.3, -0.25) is 0 Å². The number of ether oxygens (including phenoxy) is 2. The second kappa shape index (κ2) is 4.89. The highest BCUT2D eigenvalue weighted by molar-refractivity contribution is 5.40. The lowest BCUT2D eigenvalue weighted by Gasteiger charge is -2.38. The summed E-state index contributed by atoms with van der Waals surface area (Å²) in [5, 5.41) is 0. The van der Waals surface area contributed by atoms with Gasteiger partial charge in [-0.2, -0.15) is 13.2 Å². The lowest BCUT2D eigenvalue weighted by Crippen LogP contribution is -2.45. The fourth-order valence-electron chi connectivity index (χ4n) is 2.62. The van der Waals surface area contributed by atoms with E-state index in [2.05, 4.69) is 4.98 Å². The maximum absolute atomic E-state index is 12.7. The van der Waals surface area contributed by atoms with Crippen LogP contribution in [0.25, 0.3) is 0 Å². The third-order valence-electron chi connectivity index (χ3n) is 3.69. The van der Waals surface area contributed by atoms with Gasteiger partial charge >= 0.3 is 6.18 Å². The van der Waals surface area contributed by atoms with Crippen molar-refractivity contribution in [3.63, 3.8) is 0 Å². The molecule has 0 amide bonds. The molecule has 0 aromatic carbocycles. The van der Waals surface area contributed by atoms with Gasteiger partial charge in [0, 0.05) is 25.9 Å². The molecule has 2 aliphatic heterocycles. The molecule has 1 spiro atoms. The third kappa shape index (κ3) is 2.60. The Morgan fingerprint density at radius 3 is 2.35 bits per heavy atom. The summed E-state index contributed by atoms with van der Waals surface area (Å²) < 4.78 is 49.2. The normalized spacial score (nSPS) is 22.4. The minimum Gasteiger partial charge on any atom is -0.356 e. The first-order valence-corrected chi connectivity index (χ1v) is 6.56. The molecule has 0 atom stereocenters. The molecule has 0 radical (unpaired) electrons. The van der Waals surface area contributed by atoms with Gasteiger partial charge in [-0.15, -0.1) is 0 Å². The van der Waals surface area contributed by atoms with Gasteiger partial charge in [0.05, 0.1) is 13.2 Å². The lowest BCUT2D eigenvalue weighted by molar-refractivity contribution is -0.169. The third-order valence-corrected chi connectivity index (χ3v) is 3.69. The average Bonchev–Trinajstić information content (AvgIpc) is 2.87. The fraction of sp³-hybridized carbons (Fsp3) is 0.615. The van der Waals surface area contributed by atoms with Crippen LogP contribution in [-0.4, -0.2) is 37.1 Å². The number of alkyl halides is 3. The van der Waals surface area contributed by atoms with Crippen molar-refractivity contribution in [3.05, 3.63) is 23.9 Å². The molecule has 7 heteroatoms. The Morgan fingerprint density at radius 1 is 1.10 bits per heavy atom. The summed E-state index contributed by atoms with van der Waals surface area (Å²) in [4.78, 5) is 5.54. The van der Waals surface area contributed by atoms with Gasteiger partial charge in [0.25, 0.3) is 0 Å². The molecule has 3 rings (SSSR count). The summed E-state index contributed by atoms with van der Waals surface area (Å²) in [6, 6.07) is 3.97. The highest BCUT2D eigenvalue weighted by Gasteiger charge is 2.40. The molecule has 20 heavy (non-hydrogen) atoms. The summed E-state index contributed by atoms with van der Waals surface area (Å²) in [5.74, 6) is -0.175. The van der Waals surface area contributed by atoms with E-state index in [4.69, 9.17) is 9.47 Å². The van der Waals surface area contributed by atoms with Crippen molar-refractivity contribution in [2.75, 3.05) is 31.2 Å². The molecule has 0 N–H and O–H groups in total. The number of nitrogens with zero attached hydrogens (tertiary/aromatic N) is 2. The Labute approximate surface area is 114 Å². The topological polar surface area (TPSA) is 34.6 Å². The number of anilines is 1. The van der Waals surface area contributed by atoms with Crippen molar-refractivity contribution in [2.45, 2.75) is 24.8 Å². The van der Waals surface area contributed by atoms with E-state index >= 15 is 0 Å². The predicted molar refractivity (Wildman–Crippen MR) is 65.3 cm³/mol. The van der Waals surface area contributed by atoms with E-state index in [-0.39, 0.29) is 0 Å². The number of piperidine rings is 1. The van der Waals surface area contributed by atoms with Crippen LogP contribution in [-0.2, 0) is 15.7 Å². The van der Waals surface area contributed by atoms with Crippen molar-refractivity contribution in [3.8, 4) is 0 Å². The van der Waals surface area contributed by atoms with Gasteiger partial charge in [0.2, 0.25) is 0 Å². The Hall–Kier alpha value is -1.34. The SMILES string of the molecule is FC(F)(F)c1cccc(N2CCC3(CC2)OCCO3)n1. The minimum atomic E-state index is -4.41. The van der Waals surface area contributed by atoms with E-state index in [0.717, 1.165) is 6.07 Å². The fourth-order valence-corrected chi connectivity index (χ4v) is 2.62. The first kappa shape index (κ1) is 13.6. The molecule has 1 aromatic rings. The summed E-state index contributed by atoms with van der Waals surface area (Å²) in [7, 11) is 0. The Morgan fingerprint density at radius 2 is 1.75 bits per heavy atom. The Balaban J connectivity index is 1.72. The molecular formula is C13H15F3N2O2. The van der Waals surface area contributed by atoms with E-state index in [0.29, 0.717) is 45.0 Å². The van der Waals surface area contributed by atoms with Crippen molar-refractivity contribution in [2.24, 2.45) is 0 Å². The van der Waals surface area contributed by atoms with Crippen LogP contribution in [0.3, 0.4) is 0 Å². The standard InChI is InChI=1S/C13H15F3N2O2/c14-13(15,16)10-2-1-3-11(17-10)18-6-4-12(5-7-18)19-8-9-20-12/h1-3H,4-9H2. The summed E-state index contributed by atoms with van der Waals surface area (Å²) in [6.07, 6.45) is -3.12. The number of hydrogen-bond acceptors (Lipinski definition) is 4. The summed E-state index contributed by atoms with van der Waals surface area (Å²) >= 11 is 0. The first-order chi connectivity index (χ1) is 9.49. The largest absolute Gasteiger partial charge is 0.433 e. The van der Waals surface area contributed by atoms with Crippen LogP contribution in [0.1, 0.15) is 18.5 Å². The maximum atomic E-state index is 12.7. The first-order valence-electron chi connectivity index (χ1n) is 6.56. The monoisotopic (exact) mass is 288 g/mol. The molecule has 2 aliphatic rings. The molecule has 0 saturated carbocycles. The second-order valence-electron chi connectivity index (χ2n) is 4.97. The number of halogens is 3. The molecule has 1 aromatic heterocycles. The van der Waals surface area contributed by atoms with Crippen LogP contribution in [0, 0.1) is 0 Å². The van der Waals surface area contributed by atoms with Crippen molar-refractivity contribution >= 4 is 5.82 Å². The van der Waals surface area contributed by atoms with Crippen molar-refractivity contribution in [1.29, 1.82) is 0 Å². The molecule has 110 valence electrons. The molecular weight excluding hydrogens is 273 g/mol. The highest BCUT2D eigenvalue weighted by Crippen LogP contribution is 2.34. The zero-order chi connectivity index (χ0) is 14.2. The van der Waals surface area contributed by atoms with Gasteiger partial charge in [0.15, 0.2) is 5.79 Å². The average molecular weight is 288 g/mol. The quantitative estimate of drug-likeness (QED) is 0.795. The molecule has 4 nitrogen and oxygen atoms in total. The van der Waals surface area contributed by atoms with Gasteiger partial charge in [-0.05, 0) is 12.1 Å². The van der Waals surface area contributed by atoms with Crippen LogP contribution >= 0.6 is 0 Å². The number of rotatable bonds is 1. The van der Waals surface area contributed by atoms with Gasteiger partial charge < -0.3 is 14.4 Å². The van der Waals surface area contributed by atoms with Gasteiger partial charge in [-0.25, -0.2) is 4.98 Å². The zero-order valence-electron chi connectivity index (χ0n) is 10.8. The number of hydrogen-bond donors (Lipinski definition) is 0.